The minimum atomic E-state index is -4.37. The zero-order chi connectivity index (χ0) is 20.6. The van der Waals surface area contributed by atoms with Crippen LogP contribution in [0.4, 0.5) is 19.0 Å². The Morgan fingerprint density at radius 1 is 1.14 bits per heavy atom. The van der Waals surface area contributed by atoms with Gasteiger partial charge in [-0.25, -0.2) is 15.0 Å². The van der Waals surface area contributed by atoms with Gasteiger partial charge in [0, 0.05) is 11.8 Å². The average Bonchev–Trinajstić information content (AvgIpc) is 2.71. The molecule has 3 heterocycles. The fourth-order valence-corrected chi connectivity index (χ4v) is 4.21. The van der Waals surface area contributed by atoms with Gasteiger partial charge in [-0.05, 0) is 55.7 Å². The van der Waals surface area contributed by atoms with Crippen LogP contribution in [-0.4, -0.2) is 21.2 Å². The number of benzene rings is 1. The van der Waals surface area contributed by atoms with E-state index in [-0.39, 0.29) is 6.04 Å². The van der Waals surface area contributed by atoms with Crippen LogP contribution in [0.2, 0.25) is 0 Å². The number of anilines is 1. The van der Waals surface area contributed by atoms with Gasteiger partial charge in [0.05, 0.1) is 28.3 Å². The molecular weight excluding hydrogens is 397 g/mol. The highest BCUT2D eigenvalue weighted by atomic mass is 32.2. The number of alkyl halides is 3. The molecule has 152 valence electrons. The van der Waals surface area contributed by atoms with Gasteiger partial charge in [0.1, 0.15) is 11.6 Å². The number of halogens is 3. The molecule has 4 rings (SSSR count). The van der Waals surface area contributed by atoms with Gasteiger partial charge < -0.3 is 5.32 Å². The molecule has 1 unspecified atom stereocenters. The Labute approximate surface area is 171 Å². The second-order valence-electron chi connectivity index (χ2n) is 7.18. The van der Waals surface area contributed by atoms with E-state index >= 15 is 0 Å². The maximum atomic E-state index is 13.6. The second kappa shape index (κ2) is 7.82. The van der Waals surface area contributed by atoms with Crippen molar-refractivity contribution in [3.63, 3.8) is 0 Å². The summed E-state index contributed by atoms with van der Waals surface area (Å²) in [6, 6.07) is 6.03. The van der Waals surface area contributed by atoms with Crippen molar-refractivity contribution < 1.29 is 13.2 Å². The van der Waals surface area contributed by atoms with E-state index in [9.17, 15) is 13.2 Å². The van der Waals surface area contributed by atoms with Crippen molar-refractivity contribution >= 4 is 28.5 Å². The van der Waals surface area contributed by atoms with Crippen molar-refractivity contribution in [2.45, 2.75) is 49.9 Å². The van der Waals surface area contributed by atoms with Crippen molar-refractivity contribution in [2.24, 2.45) is 0 Å². The largest absolute Gasteiger partial charge is 0.416 e. The number of thioether (sulfide) groups is 1. The lowest BCUT2D eigenvalue weighted by molar-refractivity contribution is -0.138. The summed E-state index contributed by atoms with van der Waals surface area (Å²) in [5.74, 6) is 1.33. The first-order valence-electron chi connectivity index (χ1n) is 9.53. The maximum absolute atomic E-state index is 13.6. The van der Waals surface area contributed by atoms with Gasteiger partial charge in [-0.15, -0.1) is 11.8 Å². The van der Waals surface area contributed by atoms with Crippen LogP contribution >= 0.6 is 11.8 Å². The number of aryl methyl sites for hydroxylation is 1. The molecule has 2 aromatic heterocycles. The molecule has 0 aliphatic carbocycles. The number of rotatable bonds is 1. The molecule has 1 atom stereocenters. The highest BCUT2D eigenvalue weighted by Crippen LogP contribution is 2.37. The summed E-state index contributed by atoms with van der Waals surface area (Å²) in [6.07, 6.45) is 1.67. The fraction of sp³-hybridized carbons (Fsp3) is 0.381. The molecule has 3 aromatic rings. The summed E-state index contributed by atoms with van der Waals surface area (Å²) in [5.41, 5.74) is 1.23. The molecule has 0 fully saturated rings. The Morgan fingerprint density at radius 3 is 2.69 bits per heavy atom. The molecule has 2 bridgehead atoms. The van der Waals surface area contributed by atoms with Crippen molar-refractivity contribution in [3.8, 4) is 0 Å². The van der Waals surface area contributed by atoms with Crippen LogP contribution in [0.1, 0.15) is 48.3 Å². The number of fused-ring (bicyclic) bond motifs is 5. The minimum Gasteiger partial charge on any atom is -0.363 e. The van der Waals surface area contributed by atoms with Crippen molar-refractivity contribution in [1.82, 2.24) is 15.0 Å². The Bertz CT molecular complexity index is 1050. The molecule has 0 spiro atoms. The first-order chi connectivity index (χ1) is 13.9. The molecule has 0 saturated carbocycles. The van der Waals surface area contributed by atoms with Crippen LogP contribution in [0.15, 0.2) is 35.5 Å². The summed E-state index contributed by atoms with van der Waals surface area (Å²) in [6.45, 7) is 1.88. The van der Waals surface area contributed by atoms with E-state index in [0.717, 1.165) is 22.3 Å². The number of hydrogen-bond acceptors (Lipinski definition) is 5. The monoisotopic (exact) mass is 418 g/mol. The molecule has 4 nitrogen and oxygen atoms in total. The lowest BCUT2D eigenvalue weighted by Gasteiger charge is -2.22. The van der Waals surface area contributed by atoms with Crippen LogP contribution in [-0.2, 0) is 19.0 Å². The predicted octanol–water partition coefficient (Wildman–Crippen LogP) is 5.82. The van der Waals surface area contributed by atoms with Gasteiger partial charge in [-0.3, -0.25) is 0 Å². The topological polar surface area (TPSA) is 50.7 Å². The molecule has 1 aliphatic rings. The average molecular weight is 418 g/mol. The number of hydrogen-bond donors (Lipinski definition) is 1. The van der Waals surface area contributed by atoms with Crippen LogP contribution < -0.4 is 5.32 Å². The first-order valence-corrected chi connectivity index (χ1v) is 10.8. The summed E-state index contributed by atoms with van der Waals surface area (Å²) in [4.78, 5) is 13.7. The molecule has 0 radical (unpaired) electrons. The third kappa shape index (κ3) is 4.03. The molecule has 1 N–H and O–H groups in total. The summed E-state index contributed by atoms with van der Waals surface area (Å²) in [5, 5.41) is 5.02. The Hall–Kier alpha value is -2.35. The lowest BCUT2D eigenvalue weighted by atomic mass is 9.92. The third-order valence-electron chi connectivity index (χ3n) is 5.23. The van der Waals surface area contributed by atoms with Crippen LogP contribution in [0, 0.1) is 0 Å². The van der Waals surface area contributed by atoms with E-state index in [1.54, 1.807) is 12.3 Å². The molecule has 0 amide bonds. The predicted molar refractivity (Wildman–Crippen MR) is 109 cm³/mol. The standard InChI is InChI=1S/C21H21F3N4S/c1-12-13-7-5-8-16(21(22,23)24)14(13)6-3-4-9-18-27-17-11-25-19(29-2)10-15(17)20(26-12)28-18/h5,7-8,10-12H,3-4,6,9H2,1-2H3,(H,26,27,28). The molecule has 0 saturated heterocycles. The summed E-state index contributed by atoms with van der Waals surface area (Å²) >= 11 is 1.52. The van der Waals surface area contributed by atoms with Crippen molar-refractivity contribution in [2.75, 3.05) is 11.6 Å². The van der Waals surface area contributed by atoms with Gasteiger partial charge in [-0.2, -0.15) is 13.2 Å². The first kappa shape index (κ1) is 19.9. The lowest BCUT2D eigenvalue weighted by Crippen LogP contribution is -2.16. The maximum Gasteiger partial charge on any atom is 0.416 e. The van der Waals surface area contributed by atoms with Crippen molar-refractivity contribution in [1.29, 1.82) is 0 Å². The molecular formula is C21H21F3N4S. The Morgan fingerprint density at radius 2 is 1.93 bits per heavy atom. The van der Waals surface area contributed by atoms with E-state index < -0.39 is 11.7 Å². The fourth-order valence-electron chi connectivity index (χ4n) is 3.82. The Kier molecular flexibility index (Phi) is 5.38. The minimum absolute atomic E-state index is 0.331. The smallest absolute Gasteiger partial charge is 0.363 e. The summed E-state index contributed by atoms with van der Waals surface area (Å²) in [7, 11) is 0. The van der Waals surface area contributed by atoms with Gasteiger partial charge in [0.25, 0.3) is 0 Å². The second-order valence-corrected chi connectivity index (χ2v) is 8.00. The van der Waals surface area contributed by atoms with E-state index in [1.165, 1.54) is 23.9 Å². The highest BCUT2D eigenvalue weighted by molar-refractivity contribution is 7.98. The van der Waals surface area contributed by atoms with Gasteiger partial charge in [0.15, 0.2) is 0 Å². The zero-order valence-electron chi connectivity index (χ0n) is 16.2. The highest BCUT2D eigenvalue weighted by Gasteiger charge is 2.34. The van der Waals surface area contributed by atoms with Gasteiger partial charge in [-0.1, -0.05) is 12.1 Å². The normalized spacial score (nSPS) is 17.3. The molecule has 1 aromatic carbocycles. The SMILES string of the molecule is CSc1cc2c3nc(nc2cn1)CCCCc1c(cccc1C(F)(F)F)C(C)N3. The zero-order valence-corrected chi connectivity index (χ0v) is 17.0. The molecule has 29 heavy (non-hydrogen) atoms. The van der Waals surface area contributed by atoms with Crippen molar-refractivity contribution in [3.05, 3.63) is 53.0 Å². The summed E-state index contributed by atoms with van der Waals surface area (Å²) < 4.78 is 40.9. The Balaban J connectivity index is 1.85. The quantitative estimate of drug-likeness (QED) is 0.505. The van der Waals surface area contributed by atoms with Crippen LogP contribution in [0.5, 0.6) is 0 Å². The molecule has 8 heteroatoms. The van der Waals surface area contributed by atoms with E-state index in [2.05, 4.69) is 15.3 Å². The van der Waals surface area contributed by atoms with E-state index in [1.807, 2.05) is 19.2 Å². The van der Waals surface area contributed by atoms with E-state index in [4.69, 9.17) is 4.98 Å². The van der Waals surface area contributed by atoms with Gasteiger partial charge in [0.2, 0.25) is 0 Å². The number of pyridine rings is 1. The van der Waals surface area contributed by atoms with Crippen LogP contribution in [0.3, 0.4) is 0 Å². The van der Waals surface area contributed by atoms with Gasteiger partial charge >= 0.3 is 6.18 Å². The third-order valence-corrected chi connectivity index (χ3v) is 5.87. The van der Waals surface area contributed by atoms with Crippen LogP contribution in [0.25, 0.3) is 10.9 Å². The van der Waals surface area contributed by atoms with E-state index in [0.29, 0.717) is 42.0 Å². The number of aromatic nitrogens is 3. The molecule has 1 aliphatic heterocycles. The number of nitrogens with one attached hydrogen (secondary N) is 1. The number of nitrogens with zero attached hydrogens (tertiary/aromatic N) is 3.